The number of imide groups is 1. The van der Waals surface area contributed by atoms with Crippen molar-refractivity contribution in [1.29, 1.82) is 0 Å². The average molecular weight is 365 g/mol. The molecule has 1 aromatic carbocycles. The van der Waals surface area contributed by atoms with E-state index in [1.54, 1.807) is 6.08 Å². The van der Waals surface area contributed by atoms with E-state index in [4.69, 9.17) is 6.42 Å². The molecular weight excluding hydrogens is 352 g/mol. The van der Waals surface area contributed by atoms with Crippen LogP contribution in [0.15, 0.2) is 27.6 Å². The molecule has 1 aliphatic rings. The first-order valence-corrected chi connectivity index (χ1v) is 7.70. The van der Waals surface area contributed by atoms with Gasteiger partial charge in [0.05, 0.1) is 17.1 Å². The molecule has 0 saturated carbocycles. The third-order valence-electron chi connectivity index (χ3n) is 2.87. The van der Waals surface area contributed by atoms with Crippen LogP contribution in [0.5, 0.6) is 0 Å². The molecule has 0 bridgehead atoms. The molecule has 108 valence electrons. The van der Waals surface area contributed by atoms with Crippen molar-refractivity contribution in [3.63, 3.8) is 0 Å². The minimum atomic E-state index is -0.337. The highest BCUT2D eigenvalue weighted by Crippen LogP contribution is 2.33. The number of hydrogen-bond donors (Lipinski definition) is 0. The first-order valence-electron chi connectivity index (χ1n) is 6.09. The van der Waals surface area contributed by atoms with Crippen molar-refractivity contribution < 1.29 is 9.59 Å². The molecule has 1 heterocycles. The minimum absolute atomic E-state index is 0.00523. The second-order valence-corrected chi connectivity index (χ2v) is 6.42. The number of amides is 2. The van der Waals surface area contributed by atoms with Gasteiger partial charge in [-0.15, -0.1) is 6.42 Å². The van der Waals surface area contributed by atoms with Gasteiger partial charge in [-0.05, 0) is 51.5 Å². The first kappa shape index (κ1) is 15.7. The Kier molecular flexibility index (Phi) is 4.76. The van der Waals surface area contributed by atoms with E-state index in [9.17, 15) is 9.59 Å². The molecule has 2 rings (SSSR count). The van der Waals surface area contributed by atoms with Gasteiger partial charge in [-0.1, -0.05) is 12.0 Å². The van der Waals surface area contributed by atoms with Crippen LogP contribution < -0.4 is 4.90 Å². The molecule has 2 amide bonds. The van der Waals surface area contributed by atoms with Gasteiger partial charge in [0.25, 0.3) is 11.1 Å². The van der Waals surface area contributed by atoms with Crippen molar-refractivity contribution in [1.82, 2.24) is 4.90 Å². The lowest BCUT2D eigenvalue weighted by Crippen LogP contribution is -2.28. The van der Waals surface area contributed by atoms with Gasteiger partial charge in [-0.3, -0.25) is 14.5 Å². The smallest absolute Gasteiger partial charge is 0.294 e. The molecule has 6 heteroatoms. The lowest BCUT2D eigenvalue weighted by molar-refractivity contribution is -0.122. The predicted octanol–water partition coefficient (Wildman–Crippen LogP) is 3.18. The highest BCUT2D eigenvalue weighted by atomic mass is 79.9. The zero-order valence-corrected chi connectivity index (χ0v) is 14.0. The van der Waals surface area contributed by atoms with Gasteiger partial charge >= 0.3 is 0 Å². The van der Waals surface area contributed by atoms with Crippen LogP contribution in [0.2, 0.25) is 0 Å². The van der Waals surface area contributed by atoms with Crippen LogP contribution in [-0.4, -0.2) is 36.7 Å². The van der Waals surface area contributed by atoms with E-state index in [1.165, 1.54) is 0 Å². The summed E-state index contributed by atoms with van der Waals surface area (Å²) in [6.07, 6.45) is 6.86. The zero-order valence-electron chi connectivity index (χ0n) is 11.6. The molecule has 1 saturated heterocycles. The molecule has 0 radical (unpaired) electrons. The lowest BCUT2D eigenvalue weighted by atomic mass is 10.2. The van der Waals surface area contributed by atoms with E-state index in [0.717, 1.165) is 32.4 Å². The topological polar surface area (TPSA) is 40.6 Å². The van der Waals surface area contributed by atoms with Crippen molar-refractivity contribution in [2.75, 3.05) is 25.5 Å². The van der Waals surface area contributed by atoms with Crippen molar-refractivity contribution in [2.45, 2.75) is 0 Å². The number of rotatable bonds is 3. The van der Waals surface area contributed by atoms with E-state index in [-0.39, 0.29) is 17.7 Å². The number of carbonyl (C=O) groups is 2. The van der Waals surface area contributed by atoms with Crippen LogP contribution in [0.4, 0.5) is 10.5 Å². The number of carbonyl (C=O) groups excluding carboxylic acids is 2. The van der Waals surface area contributed by atoms with Crippen molar-refractivity contribution in [3.8, 4) is 12.3 Å². The number of halogens is 1. The summed E-state index contributed by atoms with van der Waals surface area (Å²) in [6.45, 7) is 0.00523. The molecule has 0 aromatic heterocycles. The summed E-state index contributed by atoms with van der Waals surface area (Å²) in [4.78, 5) is 27.2. The van der Waals surface area contributed by atoms with Gasteiger partial charge < -0.3 is 4.90 Å². The third-order valence-corrected chi connectivity index (χ3v) is 4.42. The maximum Gasteiger partial charge on any atom is 0.294 e. The molecule has 0 atom stereocenters. The summed E-state index contributed by atoms with van der Waals surface area (Å²) < 4.78 is 0.920. The number of terminal acetylenes is 1. The molecule has 1 fully saturated rings. The van der Waals surface area contributed by atoms with Crippen LogP contribution in [0.25, 0.3) is 6.08 Å². The average Bonchev–Trinajstić information content (AvgIpc) is 2.66. The van der Waals surface area contributed by atoms with Gasteiger partial charge in [0.2, 0.25) is 0 Å². The van der Waals surface area contributed by atoms with Gasteiger partial charge in [0.1, 0.15) is 0 Å². The van der Waals surface area contributed by atoms with Gasteiger partial charge in [0.15, 0.2) is 0 Å². The summed E-state index contributed by atoms with van der Waals surface area (Å²) in [5, 5.41) is -0.326. The Morgan fingerprint density at radius 1 is 1.43 bits per heavy atom. The molecule has 21 heavy (non-hydrogen) atoms. The fraction of sp³-hybridized carbons (Fsp3) is 0.200. The number of thioether (sulfide) groups is 1. The fourth-order valence-corrected chi connectivity index (χ4v) is 3.44. The summed E-state index contributed by atoms with van der Waals surface area (Å²) in [5.41, 5.74) is 1.88. The number of hydrogen-bond acceptors (Lipinski definition) is 4. The zero-order chi connectivity index (χ0) is 15.6. The molecular formula is C15H13BrN2O2S. The van der Waals surface area contributed by atoms with Crippen LogP contribution in [-0.2, 0) is 4.79 Å². The summed E-state index contributed by atoms with van der Waals surface area (Å²) in [6, 6.07) is 5.75. The molecule has 0 spiro atoms. The number of nitrogens with zero attached hydrogens (tertiary/aromatic N) is 2. The lowest BCUT2D eigenvalue weighted by Gasteiger charge is -2.14. The molecule has 0 aliphatic carbocycles. The van der Waals surface area contributed by atoms with Crippen LogP contribution in [0.1, 0.15) is 5.56 Å². The Bertz CT molecular complexity index is 677. The largest absolute Gasteiger partial charge is 0.377 e. The minimum Gasteiger partial charge on any atom is -0.377 e. The van der Waals surface area contributed by atoms with Crippen LogP contribution >= 0.6 is 27.7 Å². The standard InChI is InChI=1S/C15H13BrN2O2S/c1-4-7-18-14(19)13(21-15(18)20)9-10-5-6-12(17(2)3)11(16)8-10/h1,5-6,8-9H,7H2,2-3H3/b13-9-. The summed E-state index contributed by atoms with van der Waals surface area (Å²) >= 11 is 4.40. The SMILES string of the molecule is C#CCN1C(=O)S/C(=C\c2ccc(N(C)C)c(Br)c2)C1=O. The van der Waals surface area contributed by atoms with E-state index in [2.05, 4.69) is 21.9 Å². The quantitative estimate of drug-likeness (QED) is 0.610. The Hall–Kier alpha value is -1.71. The Morgan fingerprint density at radius 2 is 2.14 bits per heavy atom. The number of benzene rings is 1. The van der Waals surface area contributed by atoms with Crippen molar-refractivity contribution in [3.05, 3.63) is 33.1 Å². The van der Waals surface area contributed by atoms with Gasteiger partial charge in [0, 0.05) is 18.6 Å². The van der Waals surface area contributed by atoms with Crippen LogP contribution in [0, 0.1) is 12.3 Å². The number of anilines is 1. The molecule has 0 unspecified atom stereocenters. The monoisotopic (exact) mass is 364 g/mol. The maximum atomic E-state index is 12.1. The van der Waals surface area contributed by atoms with Crippen LogP contribution in [0.3, 0.4) is 0 Å². The van der Waals surface area contributed by atoms with Crippen molar-refractivity contribution in [2.24, 2.45) is 0 Å². The maximum absolute atomic E-state index is 12.1. The molecule has 1 aromatic rings. The van der Waals surface area contributed by atoms with E-state index >= 15 is 0 Å². The molecule has 0 N–H and O–H groups in total. The predicted molar refractivity (Wildman–Crippen MR) is 90.0 cm³/mol. The van der Waals surface area contributed by atoms with E-state index in [1.807, 2.05) is 37.2 Å². The second kappa shape index (κ2) is 6.37. The second-order valence-electron chi connectivity index (χ2n) is 4.58. The third kappa shape index (κ3) is 3.31. The highest BCUT2D eigenvalue weighted by molar-refractivity contribution is 9.10. The normalized spacial score (nSPS) is 16.5. The Labute approximate surface area is 136 Å². The Morgan fingerprint density at radius 3 is 2.71 bits per heavy atom. The fourth-order valence-electron chi connectivity index (χ4n) is 1.85. The van der Waals surface area contributed by atoms with Gasteiger partial charge in [-0.25, -0.2) is 0 Å². The summed E-state index contributed by atoms with van der Waals surface area (Å²) in [7, 11) is 3.90. The Balaban J connectivity index is 2.29. The van der Waals surface area contributed by atoms with Gasteiger partial charge in [-0.2, -0.15) is 0 Å². The summed E-state index contributed by atoms with van der Waals surface area (Å²) in [5.74, 6) is 1.98. The first-order chi connectivity index (χ1) is 9.93. The van der Waals surface area contributed by atoms with E-state index in [0.29, 0.717) is 4.91 Å². The molecule has 1 aliphatic heterocycles. The highest BCUT2D eigenvalue weighted by Gasteiger charge is 2.34. The van der Waals surface area contributed by atoms with E-state index < -0.39 is 0 Å². The van der Waals surface area contributed by atoms with Crippen molar-refractivity contribution >= 4 is 50.6 Å². The molecule has 4 nitrogen and oxygen atoms in total.